The van der Waals surface area contributed by atoms with E-state index >= 15 is 0 Å². The predicted octanol–water partition coefficient (Wildman–Crippen LogP) is 3.25. The van der Waals surface area contributed by atoms with Crippen LogP contribution in [-0.2, 0) is 47.5 Å². The number of carbonyl (C=O) groups is 6. The van der Waals surface area contributed by atoms with Crippen molar-refractivity contribution >= 4 is 36.2 Å². The third-order valence-electron chi connectivity index (χ3n) is 11.6. The number of carbonyl (C=O) groups excluding carboxylic acids is 6. The van der Waals surface area contributed by atoms with E-state index in [1.807, 2.05) is 0 Å². The summed E-state index contributed by atoms with van der Waals surface area (Å²) in [5.74, 6) is -3.09. The molecule has 24 heteroatoms. The number of nitrogens with zero attached hydrogens (tertiary/aromatic N) is 1. The van der Waals surface area contributed by atoms with E-state index in [0.29, 0.717) is 5.76 Å². The van der Waals surface area contributed by atoms with Gasteiger partial charge in [-0.2, -0.15) is 0 Å². The minimum Gasteiger partial charge on any atom is -0.493 e. The number of likely N-dealkylation sites (N-methyl/N-ethyl adjacent to an activating group) is 1. The minimum atomic E-state index is -1.88. The second kappa shape index (κ2) is 26.1. The molecule has 0 aromatic heterocycles. The maximum atomic E-state index is 14.0. The summed E-state index contributed by atoms with van der Waals surface area (Å²) >= 11 is 0. The fourth-order valence-electron chi connectivity index (χ4n) is 8.79. The topological polar surface area (TPSA) is 321 Å². The van der Waals surface area contributed by atoms with E-state index in [9.17, 15) is 49.2 Å². The first kappa shape index (κ1) is 64.6. The van der Waals surface area contributed by atoms with Gasteiger partial charge in [-0.25, -0.2) is 19.2 Å². The number of aliphatic hydroxyl groups is 4. The van der Waals surface area contributed by atoms with Crippen LogP contribution in [0.25, 0.3) is 0 Å². The van der Waals surface area contributed by atoms with E-state index < -0.39 is 143 Å². The van der Waals surface area contributed by atoms with Crippen LogP contribution in [0.1, 0.15) is 136 Å². The smallest absolute Gasteiger partial charge is 0.410 e. The Morgan fingerprint density at radius 2 is 1.27 bits per heavy atom. The number of hydrogen-bond acceptors (Lipinski definition) is 19. The highest BCUT2D eigenvalue weighted by molar-refractivity contribution is 5.81. The number of nitrogens with one attached hydrogen (secondary N) is 5. The molecule has 0 bridgehead atoms. The molecule has 1 aliphatic carbocycles. The number of aliphatic hydroxyl groups excluding tert-OH is 3. The number of ether oxygens (including phenoxy) is 8. The Morgan fingerprint density at radius 3 is 1.81 bits per heavy atom. The number of alkyl carbamates (subject to hydrolysis) is 3. The molecule has 75 heavy (non-hydrogen) atoms. The van der Waals surface area contributed by atoms with Gasteiger partial charge in [0.2, 0.25) is 5.91 Å². The quantitative estimate of drug-likeness (QED) is 0.0574. The summed E-state index contributed by atoms with van der Waals surface area (Å²) < 4.78 is 46.7. The molecule has 12 atom stereocenters. The van der Waals surface area contributed by atoms with Crippen molar-refractivity contribution in [2.75, 3.05) is 39.8 Å². The summed E-state index contributed by atoms with van der Waals surface area (Å²) in [7, 11) is 1.32. The zero-order valence-electron chi connectivity index (χ0n) is 47.2. The second-order valence-corrected chi connectivity index (χ2v) is 24.7. The van der Waals surface area contributed by atoms with Gasteiger partial charge in [0.15, 0.2) is 6.29 Å². The molecule has 3 aliphatic rings. The lowest BCUT2D eigenvalue weighted by atomic mass is 9.70. The van der Waals surface area contributed by atoms with Gasteiger partial charge < -0.3 is 89.8 Å². The van der Waals surface area contributed by atoms with Gasteiger partial charge in [0.25, 0.3) is 0 Å². The minimum absolute atomic E-state index is 0.118. The van der Waals surface area contributed by atoms with E-state index in [0.717, 1.165) is 4.90 Å². The number of esters is 1. The summed E-state index contributed by atoms with van der Waals surface area (Å²) in [5, 5.41) is 61.7. The van der Waals surface area contributed by atoms with Crippen molar-refractivity contribution < 1.29 is 87.1 Å². The molecule has 3 rings (SSSR count). The van der Waals surface area contributed by atoms with Crippen molar-refractivity contribution in [2.24, 2.45) is 11.8 Å². The van der Waals surface area contributed by atoms with E-state index in [1.54, 1.807) is 110 Å². The second-order valence-electron chi connectivity index (χ2n) is 24.7. The standard InChI is InChI=1S/C51H90N6O18/c1-46(2,3)71-33(59)24-28-18-19-29(26-52-22-23-54-43(64)73-48(7,8)9)69-37(28)34-30(56-44(65)74-49(10,11)12)25-31(55-40(62)32(58)20-21-53-42(63)72-47(4,5)6)38(35(34)60)70-41-36(61)39(51(16,67)27-68-41)57(17)45(66)75-50(13,14)15/h19,28,30-32,34-39,41,52,58,60-61,67H,18,20-27H2,1-17H3,(H,53,63)(H,54,64)(H,55,62)(H,56,65)/t28-,30-,31+,32-,34?,35-,36+,37-,38-,39+,41+,51-/m0/s1. The lowest BCUT2D eigenvalue weighted by molar-refractivity contribution is -0.306. The molecule has 2 heterocycles. The first-order valence-electron chi connectivity index (χ1n) is 25.7. The summed E-state index contributed by atoms with van der Waals surface area (Å²) in [6, 6.07) is -3.89. The van der Waals surface area contributed by atoms with Gasteiger partial charge in [0.05, 0.1) is 37.8 Å². The molecule has 432 valence electrons. The van der Waals surface area contributed by atoms with E-state index in [1.165, 1.54) is 14.0 Å². The SMILES string of the molecule is CN(C(=O)OC(C)(C)C)[C@@H]1[C@@H](O)[C@@H](O[C@H]2[C@H](NC(=O)[C@@H](O)CCNC(=O)OC(C)(C)C)C[C@H](NC(=O)OC(C)(C)C)C([C@H]3OC(CNCCNC(=O)OC(C)(C)C)=CC[C@H]3CC(=O)OC(C)(C)C)[C@@H]2O)OC[C@]1(C)O. The van der Waals surface area contributed by atoms with Gasteiger partial charge in [-0.3, -0.25) is 9.59 Å². The van der Waals surface area contributed by atoms with Crippen molar-refractivity contribution in [1.82, 2.24) is 31.5 Å². The average Bonchev–Trinajstić information content (AvgIpc) is 3.20. The maximum Gasteiger partial charge on any atom is 0.410 e. The summed E-state index contributed by atoms with van der Waals surface area (Å²) in [4.78, 5) is 80.4. The lowest BCUT2D eigenvalue weighted by Crippen LogP contribution is -2.70. The van der Waals surface area contributed by atoms with Crippen LogP contribution < -0.4 is 26.6 Å². The molecule has 0 spiro atoms. The molecule has 0 aromatic rings. The summed E-state index contributed by atoms with van der Waals surface area (Å²) in [6.07, 6.45) is -11.7. The van der Waals surface area contributed by atoms with Crippen LogP contribution in [0, 0.1) is 11.8 Å². The Kier molecular flexibility index (Phi) is 22.5. The van der Waals surface area contributed by atoms with Gasteiger partial charge >= 0.3 is 30.3 Å². The fourth-order valence-corrected chi connectivity index (χ4v) is 8.79. The van der Waals surface area contributed by atoms with E-state index in [4.69, 9.17) is 37.9 Å². The van der Waals surface area contributed by atoms with Crippen LogP contribution in [0.15, 0.2) is 11.8 Å². The van der Waals surface area contributed by atoms with Gasteiger partial charge in [-0.05, 0) is 136 Å². The molecule has 2 aliphatic heterocycles. The molecule has 24 nitrogen and oxygen atoms in total. The molecular formula is C51H90N6O18. The highest BCUT2D eigenvalue weighted by atomic mass is 16.7. The van der Waals surface area contributed by atoms with Gasteiger partial charge in [0.1, 0.15) is 63.8 Å². The zero-order chi connectivity index (χ0) is 57.2. The molecule has 2 fully saturated rings. The third kappa shape index (κ3) is 22.0. The van der Waals surface area contributed by atoms with Crippen molar-refractivity contribution in [3.63, 3.8) is 0 Å². The third-order valence-corrected chi connectivity index (χ3v) is 11.6. The first-order valence-corrected chi connectivity index (χ1v) is 25.7. The van der Waals surface area contributed by atoms with E-state index in [-0.39, 0.29) is 51.9 Å². The lowest BCUT2D eigenvalue weighted by Gasteiger charge is -2.52. The van der Waals surface area contributed by atoms with Crippen LogP contribution >= 0.6 is 0 Å². The number of rotatable bonds is 17. The van der Waals surface area contributed by atoms with Crippen LogP contribution in [0.5, 0.6) is 0 Å². The van der Waals surface area contributed by atoms with Gasteiger partial charge in [-0.1, -0.05) is 0 Å². The van der Waals surface area contributed by atoms with Crippen LogP contribution in [0.4, 0.5) is 19.2 Å². The maximum absolute atomic E-state index is 14.0. The first-order chi connectivity index (χ1) is 34.1. The Bertz CT molecular complexity index is 1970. The molecule has 1 saturated carbocycles. The Balaban J connectivity index is 2.14. The average molecular weight is 1080 g/mol. The molecule has 0 aromatic carbocycles. The number of hydrogen-bond donors (Lipinski definition) is 9. The molecular weight excluding hydrogens is 985 g/mol. The molecule has 1 unspecified atom stereocenters. The molecule has 5 amide bonds. The number of amides is 5. The fraction of sp³-hybridized carbons (Fsp3) is 0.843. The Hall–Kier alpha value is -4.72. The predicted molar refractivity (Wildman–Crippen MR) is 272 cm³/mol. The van der Waals surface area contributed by atoms with Crippen molar-refractivity contribution in [2.45, 2.75) is 225 Å². The van der Waals surface area contributed by atoms with Gasteiger partial charge in [0, 0.05) is 44.6 Å². The zero-order valence-corrected chi connectivity index (χ0v) is 47.2. The normalized spacial score (nSPS) is 28.0. The van der Waals surface area contributed by atoms with Crippen LogP contribution in [0.3, 0.4) is 0 Å². The van der Waals surface area contributed by atoms with Gasteiger partial charge in [-0.15, -0.1) is 0 Å². The Morgan fingerprint density at radius 1 is 0.733 bits per heavy atom. The molecule has 1 saturated heterocycles. The van der Waals surface area contributed by atoms with Crippen molar-refractivity contribution in [3.05, 3.63) is 11.8 Å². The largest absolute Gasteiger partial charge is 0.493 e. The van der Waals surface area contributed by atoms with Crippen LogP contribution in [-0.4, -0.2) is 190 Å². The Labute approximate surface area is 442 Å². The van der Waals surface area contributed by atoms with Crippen LogP contribution in [0.2, 0.25) is 0 Å². The monoisotopic (exact) mass is 1070 g/mol. The summed E-state index contributed by atoms with van der Waals surface area (Å²) in [6.45, 7) is 26.6. The highest BCUT2D eigenvalue weighted by Crippen LogP contribution is 2.41. The van der Waals surface area contributed by atoms with Crippen molar-refractivity contribution in [3.8, 4) is 0 Å². The van der Waals surface area contributed by atoms with Crippen molar-refractivity contribution in [1.29, 1.82) is 0 Å². The molecule has 9 N–H and O–H groups in total. The van der Waals surface area contributed by atoms with E-state index in [2.05, 4.69) is 26.6 Å². The highest BCUT2D eigenvalue weighted by Gasteiger charge is 2.56. The number of allylic oxidation sites excluding steroid dienone is 1. The summed E-state index contributed by atoms with van der Waals surface area (Å²) in [5.41, 5.74) is -6.21. The molecule has 0 radical (unpaired) electrons.